The number of hydrogen-bond acceptors (Lipinski definition) is 3. The van der Waals surface area contributed by atoms with Crippen molar-refractivity contribution in [2.24, 2.45) is 0 Å². The van der Waals surface area contributed by atoms with Crippen LogP contribution in [0.3, 0.4) is 0 Å². The second-order valence-electron chi connectivity index (χ2n) is 4.20. The number of aliphatic hydroxyl groups excluding tert-OH is 1. The van der Waals surface area contributed by atoms with Gasteiger partial charge in [-0.3, -0.25) is 0 Å². The topological polar surface area (TPSA) is 53.2 Å². The standard InChI is InChI=1S/C13H15NO2/c14-9-10-4-6-12(7-5-10)16-13-3-1-2-11(15)8-13/h4-7,11,13,15H,1-3,8H2. The van der Waals surface area contributed by atoms with Gasteiger partial charge in [0, 0.05) is 6.42 Å². The molecular weight excluding hydrogens is 202 g/mol. The van der Waals surface area contributed by atoms with Crippen molar-refractivity contribution in [2.75, 3.05) is 0 Å². The molecule has 0 bridgehead atoms. The van der Waals surface area contributed by atoms with Gasteiger partial charge in [0.2, 0.25) is 0 Å². The van der Waals surface area contributed by atoms with Gasteiger partial charge in [0.15, 0.2) is 0 Å². The van der Waals surface area contributed by atoms with Crippen LogP contribution in [0.5, 0.6) is 5.75 Å². The lowest BCUT2D eigenvalue weighted by atomic mass is 9.95. The molecule has 0 radical (unpaired) electrons. The molecule has 0 amide bonds. The summed E-state index contributed by atoms with van der Waals surface area (Å²) in [7, 11) is 0. The van der Waals surface area contributed by atoms with Gasteiger partial charge in [-0.1, -0.05) is 0 Å². The molecule has 2 atom stereocenters. The average Bonchev–Trinajstić information content (AvgIpc) is 2.30. The zero-order valence-electron chi connectivity index (χ0n) is 9.10. The zero-order valence-corrected chi connectivity index (χ0v) is 9.10. The molecule has 1 saturated carbocycles. The summed E-state index contributed by atoms with van der Waals surface area (Å²) in [5, 5.41) is 18.2. The van der Waals surface area contributed by atoms with Crippen LogP contribution in [0.4, 0.5) is 0 Å². The number of nitrogens with zero attached hydrogens (tertiary/aromatic N) is 1. The smallest absolute Gasteiger partial charge is 0.119 e. The minimum Gasteiger partial charge on any atom is -0.490 e. The molecule has 1 fully saturated rings. The fourth-order valence-electron chi connectivity index (χ4n) is 2.03. The maximum absolute atomic E-state index is 9.52. The third-order valence-electron chi connectivity index (χ3n) is 2.88. The summed E-state index contributed by atoms with van der Waals surface area (Å²) in [6.45, 7) is 0. The molecule has 16 heavy (non-hydrogen) atoms. The summed E-state index contributed by atoms with van der Waals surface area (Å²) in [4.78, 5) is 0. The molecule has 0 heterocycles. The highest BCUT2D eigenvalue weighted by Crippen LogP contribution is 2.23. The summed E-state index contributed by atoms with van der Waals surface area (Å²) < 4.78 is 5.76. The van der Waals surface area contributed by atoms with E-state index < -0.39 is 0 Å². The Kier molecular flexibility index (Phi) is 3.43. The van der Waals surface area contributed by atoms with Gasteiger partial charge < -0.3 is 9.84 Å². The van der Waals surface area contributed by atoms with Crippen LogP contribution in [0.1, 0.15) is 31.2 Å². The van der Waals surface area contributed by atoms with Crippen molar-refractivity contribution in [2.45, 2.75) is 37.9 Å². The number of nitriles is 1. The van der Waals surface area contributed by atoms with Gasteiger partial charge in [-0.05, 0) is 43.5 Å². The van der Waals surface area contributed by atoms with E-state index in [1.165, 1.54) is 0 Å². The highest BCUT2D eigenvalue weighted by Gasteiger charge is 2.21. The van der Waals surface area contributed by atoms with Crippen molar-refractivity contribution in [3.63, 3.8) is 0 Å². The van der Waals surface area contributed by atoms with E-state index in [0.717, 1.165) is 25.0 Å². The van der Waals surface area contributed by atoms with E-state index in [2.05, 4.69) is 6.07 Å². The van der Waals surface area contributed by atoms with Gasteiger partial charge in [0.05, 0.1) is 17.7 Å². The van der Waals surface area contributed by atoms with Crippen LogP contribution < -0.4 is 4.74 Å². The van der Waals surface area contributed by atoms with Crippen molar-refractivity contribution in [1.82, 2.24) is 0 Å². The summed E-state index contributed by atoms with van der Waals surface area (Å²) >= 11 is 0. The van der Waals surface area contributed by atoms with Gasteiger partial charge in [-0.25, -0.2) is 0 Å². The third kappa shape index (κ3) is 2.74. The molecule has 3 nitrogen and oxygen atoms in total. The van der Waals surface area contributed by atoms with E-state index in [0.29, 0.717) is 12.0 Å². The van der Waals surface area contributed by atoms with Gasteiger partial charge in [0.25, 0.3) is 0 Å². The van der Waals surface area contributed by atoms with Crippen LogP contribution in [-0.4, -0.2) is 17.3 Å². The van der Waals surface area contributed by atoms with Crippen LogP contribution in [0, 0.1) is 11.3 Å². The minimum absolute atomic E-state index is 0.108. The SMILES string of the molecule is N#Cc1ccc(OC2CCCC(O)C2)cc1. The summed E-state index contributed by atoms with van der Waals surface area (Å²) in [5.74, 6) is 0.776. The Balaban J connectivity index is 1.95. The third-order valence-corrected chi connectivity index (χ3v) is 2.88. The Morgan fingerprint density at radius 1 is 1.25 bits per heavy atom. The van der Waals surface area contributed by atoms with Crippen LogP contribution in [0.25, 0.3) is 0 Å². The number of ether oxygens (including phenoxy) is 1. The highest BCUT2D eigenvalue weighted by atomic mass is 16.5. The molecule has 1 N–H and O–H groups in total. The van der Waals surface area contributed by atoms with Gasteiger partial charge in [-0.15, -0.1) is 0 Å². The van der Waals surface area contributed by atoms with Crippen LogP contribution in [-0.2, 0) is 0 Å². The first-order valence-corrected chi connectivity index (χ1v) is 5.63. The molecule has 1 aromatic carbocycles. The summed E-state index contributed by atoms with van der Waals surface area (Å²) in [6.07, 6.45) is 3.49. The number of aliphatic hydroxyl groups is 1. The van der Waals surface area contributed by atoms with Crippen LogP contribution in [0.15, 0.2) is 24.3 Å². The fourth-order valence-corrected chi connectivity index (χ4v) is 2.03. The van der Waals surface area contributed by atoms with Crippen LogP contribution >= 0.6 is 0 Å². The molecule has 0 spiro atoms. The Bertz CT molecular complexity index is 380. The second kappa shape index (κ2) is 5.00. The van der Waals surface area contributed by atoms with E-state index in [1.807, 2.05) is 0 Å². The molecule has 3 heteroatoms. The molecule has 0 aliphatic heterocycles. The van der Waals surface area contributed by atoms with Gasteiger partial charge in [-0.2, -0.15) is 5.26 Å². The van der Waals surface area contributed by atoms with E-state index in [4.69, 9.17) is 10.00 Å². The van der Waals surface area contributed by atoms with Crippen molar-refractivity contribution in [3.8, 4) is 11.8 Å². The van der Waals surface area contributed by atoms with Gasteiger partial charge in [0.1, 0.15) is 11.9 Å². The number of hydrogen-bond donors (Lipinski definition) is 1. The fraction of sp³-hybridized carbons (Fsp3) is 0.462. The predicted octanol–water partition coefficient (Wildman–Crippen LogP) is 2.24. The Morgan fingerprint density at radius 2 is 2.00 bits per heavy atom. The van der Waals surface area contributed by atoms with Crippen molar-refractivity contribution < 1.29 is 9.84 Å². The number of rotatable bonds is 2. The first kappa shape index (κ1) is 11.0. The first-order chi connectivity index (χ1) is 7.78. The summed E-state index contributed by atoms with van der Waals surface area (Å²) in [5.41, 5.74) is 0.635. The highest BCUT2D eigenvalue weighted by molar-refractivity contribution is 5.34. The van der Waals surface area contributed by atoms with E-state index in [-0.39, 0.29) is 12.2 Å². The summed E-state index contributed by atoms with van der Waals surface area (Å²) in [6, 6.07) is 9.17. The molecule has 2 unspecified atom stereocenters. The van der Waals surface area contributed by atoms with E-state index in [9.17, 15) is 5.11 Å². The lowest BCUT2D eigenvalue weighted by Gasteiger charge is -2.26. The van der Waals surface area contributed by atoms with Crippen molar-refractivity contribution in [1.29, 1.82) is 5.26 Å². The molecule has 1 aliphatic carbocycles. The molecule has 84 valence electrons. The monoisotopic (exact) mass is 217 g/mol. The van der Waals surface area contributed by atoms with Crippen molar-refractivity contribution in [3.05, 3.63) is 29.8 Å². The first-order valence-electron chi connectivity index (χ1n) is 5.63. The lowest BCUT2D eigenvalue weighted by Crippen LogP contribution is -2.28. The molecule has 0 aromatic heterocycles. The molecule has 2 rings (SSSR count). The largest absolute Gasteiger partial charge is 0.490 e. The zero-order chi connectivity index (χ0) is 11.4. The lowest BCUT2D eigenvalue weighted by molar-refractivity contribution is 0.0536. The van der Waals surface area contributed by atoms with Gasteiger partial charge >= 0.3 is 0 Å². The number of benzene rings is 1. The maximum Gasteiger partial charge on any atom is 0.119 e. The Labute approximate surface area is 95.3 Å². The van der Waals surface area contributed by atoms with Crippen LogP contribution in [0.2, 0.25) is 0 Å². The minimum atomic E-state index is -0.225. The maximum atomic E-state index is 9.52. The van der Waals surface area contributed by atoms with E-state index in [1.54, 1.807) is 24.3 Å². The predicted molar refractivity (Wildman–Crippen MR) is 60.0 cm³/mol. The second-order valence-corrected chi connectivity index (χ2v) is 4.20. The van der Waals surface area contributed by atoms with E-state index >= 15 is 0 Å². The Hall–Kier alpha value is -1.53. The molecule has 1 aromatic rings. The Morgan fingerprint density at radius 3 is 2.62 bits per heavy atom. The quantitative estimate of drug-likeness (QED) is 0.826. The average molecular weight is 217 g/mol. The molecular formula is C13H15NO2. The normalized spacial score (nSPS) is 24.8. The van der Waals surface area contributed by atoms with Crippen molar-refractivity contribution >= 4 is 0 Å². The molecule has 0 saturated heterocycles. The molecule has 1 aliphatic rings.